The standard InChI is InChI=1S/C20H23ClN4O5S2/c1-13-9-14(2)23-20(22-13)31-12-19(27)30-11-18(26)24-17-10-15(5-6-16(17)21)32(28,29)25-7-3-4-8-25/h5-6,9-10H,3-4,7-8,11-12H2,1-2H3,(H,24,26). The van der Waals surface area contributed by atoms with E-state index >= 15 is 0 Å². The number of carbonyl (C=O) groups excluding carboxylic acids is 2. The van der Waals surface area contributed by atoms with E-state index in [-0.39, 0.29) is 21.4 Å². The molecule has 0 radical (unpaired) electrons. The first-order valence-electron chi connectivity index (χ1n) is 9.85. The van der Waals surface area contributed by atoms with Crippen LogP contribution >= 0.6 is 23.4 Å². The van der Waals surface area contributed by atoms with Gasteiger partial charge in [-0.25, -0.2) is 18.4 Å². The number of sulfonamides is 1. The van der Waals surface area contributed by atoms with Crippen molar-refractivity contribution in [1.82, 2.24) is 14.3 Å². The van der Waals surface area contributed by atoms with Gasteiger partial charge in [0, 0.05) is 24.5 Å². The first kappa shape index (κ1) is 24.4. The van der Waals surface area contributed by atoms with Gasteiger partial charge < -0.3 is 10.1 Å². The molecule has 1 saturated heterocycles. The zero-order valence-electron chi connectivity index (χ0n) is 17.6. The molecule has 1 fully saturated rings. The Labute approximate surface area is 196 Å². The largest absolute Gasteiger partial charge is 0.455 e. The Hall–Kier alpha value is -2.21. The van der Waals surface area contributed by atoms with E-state index < -0.39 is 28.5 Å². The monoisotopic (exact) mass is 498 g/mol. The fourth-order valence-electron chi connectivity index (χ4n) is 3.09. The molecule has 0 spiro atoms. The first-order chi connectivity index (χ1) is 15.1. The molecule has 172 valence electrons. The number of halogens is 1. The Morgan fingerprint density at radius 1 is 1.16 bits per heavy atom. The van der Waals surface area contributed by atoms with Crippen molar-refractivity contribution < 1.29 is 22.7 Å². The molecule has 0 atom stereocenters. The minimum Gasteiger partial charge on any atom is -0.455 e. The van der Waals surface area contributed by atoms with Crippen LogP contribution in [-0.4, -0.2) is 60.0 Å². The Balaban J connectivity index is 1.54. The van der Waals surface area contributed by atoms with Crippen molar-refractivity contribution in [3.8, 4) is 0 Å². The normalized spacial score (nSPS) is 14.3. The third kappa shape index (κ3) is 6.41. The third-order valence-electron chi connectivity index (χ3n) is 4.56. The average Bonchev–Trinajstić information content (AvgIpc) is 3.27. The average molecular weight is 499 g/mol. The molecule has 32 heavy (non-hydrogen) atoms. The number of anilines is 1. The number of hydrogen-bond donors (Lipinski definition) is 1. The number of ether oxygens (including phenoxy) is 1. The number of amides is 1. The summed E-state index contributed by atoms with van der Waals surface area (Å²) >= 11 is 7.22. The maximum Gasteiger partial charge on any atom is 0.316 e. The van der Waals surface area contributed by atoms with E-state index in [9.17, 15) is 18.0 Å². The lowest BCUT2D eigenvalue weighted by molar-refractivity contribution is -0.144. The van der Waals surface area contributed by atoms with E-state index in [2.05, 4.69) is 15.3 Å². The Bertz CT molecular complexity index is 1100. The second-order valence-corrected chi connectivity index (χ2v) is 10.5. The van der Waals surface area contributed by atoms with Gasteiger partial charge >= 0.3 is 5.97 Å². The van der Waals surface area contributed by atoms with Crippen molar-refractivity contribution in [3.05, 3.63) is 40.7 Å². The highest BCUT2D eigenvalue weighted by Gasteiger charge is 2.27. The minimum atomic E-state index is -3.66. The second kappa shape index (κ2) is 10.6. The summed E-state index contributed by atoms with van der Waals surface area (Å²) in [5.41, 5.74) is 1.71. The van der Waals surface area contributed by atoms with Gasteiger partial charge in [-0.05, 0) is 51.0 Å². The molecule has 0 unspecified atom stereocenters. The van der Waals surface area contributed by atoms with Crippen molar-refractivity contribution in [2.45, 2.75) is 36.7 Å². The molecule has 1 N–H and O–H groups in total. The quantitative estimate of drug-likeness (QED) is 0.335. The van der Waals surface area contributed by atoms with Gasteiger partial charge in [0.05, 0.1) is 21.4 Å². The maximum atomic E-state index is 12.7. The lowest BCUT2D eigenvalue weighted by Gasteiger charge is -2.16. The van der Waals surface area contributed by atoms with E-state index in [0.717, 1.165) is 36.0 Å². The van der Waals surface area contributed by atoms with E-state index in [1.165, 1.54) is 22.5 Å². The molecule has 1 aliphatic heterocycles. The molecule has 0 aliphatic carbocycles. The molecule has 2 aromatic rings. The zero-order chi connectivity index (χ0) is 23.3. The highest BCUT2D eigenvalue weighted by Crippen LogP contribution is 2.28. The number of aromatic nitrogens is 2. The van der Waals surface area contributed by atoms with Crippen LogP contribution in [0, 0.1) is 13.8 Å². The van der Waals surface area contributed by atoms with E-state index in [0.29, 0.717) is 18.2 Å². The Morgan fingerprint density at radius 2 is 1.81 bits per heavy atom. The van der Waals surface area contributed by atoms with Crippen LogP contribution < -0.4 is 5.32 Å². The predicted molar refractivity (Wildman–Crippen MR) is 121 cm³/mol. The van der Waals surface area contributed by atoms with E-state index in [4.69, 9.17) is 16.3 Å². The summed E-state index contributed by atoms with van der Waals surface area (Å²) in [6.45, 7) is 4.06. The van der Waals surface area contributed by atoms with Crippen molar-refractivity contribution in [1.29, 1.82) is 0 Å². The van der Waals surface area contributed by atoms with Crippen LogP contribution in [0.25, 0.3) is 0 Å². The number of esters is 1. The van der Waals surface area contributed by atoms with Crippen LogP contribution in [0.15, 0.2) is 34.3 Å². The topological polar surface area (TPSA) is 119 Å². The lowest BCUT2D eigenvalue weighted by Crippen LogP contribution is -2.28. The summed E-state index contributed by atoms with van der Waals surface area (Å²) in [4.78, 5) is 32.6. The smallest absolute Gasteiger partial charge is 0.316 e. The van der Waals surface area contributed by atoms with Crippen LogP contribution in [0.1, 0.15) is 24.2 Å². The SMILES string of the molecule is Cc1cc(C)nc(SCC(=O)OCC(=O)Nc2cc(S(=O)(=O)N3CCCC3)ccc2Cl)n1. The van der Waals surface area contributed by atoms with Crippen LogP contribution in [0.3, 0.4) is 0 Å². The second-order valence-electron chi connectivity index (χ2n) is 7.18. The molecule has 1 aliphatic rings. The molecule has 0 bridgehead atoms. The summed E-state index contributed by atoms with van der Waals surface area (Å²) < 4.78 is 31.8. The van der Waals surface area contributed by atoms with Gasteiger partial charge in [0.2, 0.25) is 10.0 Å². The number of nitrogens with one attached hydrogen (secondary N) is 1. The number of rotatable bonds is 8. The zero-order valence-corrected chi connectivity index (χ0v) is 20.0. The van der Waals surface area contributed by atoms with Crippen LogP contribution in [0.4, 0.5) is 5.69 Å². The summed E-state index contributed by atoms with van der Waals surface area (Å²) in [6.07, 6.45) is 1.63. The van der Waals surface area contributed by atoms with Crippen molar-refractivity contribution in [3.63, 3.8) is 0 Å². The number of carbonyl (C=O) groups is 2. The number of benzene rings is 1. The molecule has 1 aromatic heterocycles. The van der Waals surface area contributed by atoms with Gasteiger partial charge in [0.15, 0.2) is 11.8 Å². The third-order valence-corrected chi connectivity index (χ3v) is 7.60. The van der Waals surface area contributed by atoms with Crippen LogP contribution in [0.5, 0.6) is 0 Å². The van der Waals surface area contributed by atoms with Gasteiger partial charge in [-0.3, -0.25) is 9.59 Å². The number of hydrogen-bond acceptors (Lipinski definition) is 8. The maximum absolute atomic E-state index is 12.7. The summed E-state index contributed by atoms with van der Waals surface area (Å²) in [7, 11) is -3.66. The molecular formula is C20H23ClN4O5S2. The number of thioether (sulfide) groups is 1. The molecule has 0 saturated carbocycles. The highest BCUT2D eigenvalue weighted by molar-refractivity contribution is 7.99. The van der Waals surface area contributed by atoms with Gasteiger partial charge in [0.25, 0.3) is 5.91 Å². The summed E-state index contributed by atoms with van der Waals surface area (Å²) in [6, 6.07) is 5.94. The minimum absolute atomic E-state index is 0.0425. The number of aryl methyl sites for hydroxylation is 2. The molecule has 3 rings (SSSR count). The first-order valence-corrected chi connectivity index (χ1v) is 12.7. The van der Waals surface area contributed by atoms with Crippen LogP contribution in [0.2, 0.25) is 5.02 Å². The van der Waals surface area contributed by atoms with Crippen LogP contribution in [-0.2, 0) is 24.3 Å². The Kier molecular flexibility index (Phi) is 8.10. The molecule has 9 nitrogen and oxygen atoms in total. The molecular weight excluding hydrogens is 476 g/mol. The van der Waals surface area contributed by atoms with E-state index in [1.807, 2.05) is 19.9 Å². The van der Waals surface area contributed by atoms with Crippen molar-refractivity contribution >= 4 is 50.9 Å². The fraction of sp³-hybridized carbons (Fsp3) is 0.400. The fourth-order valence-corrected chi connectivity index (χ4v) is 5.55. The molecule has 2 heterocycles. The molecule has 1 aromatic carbocycles. The molecule has 1 amide bonds. The summed E-state index contributed by atoms with van der Waals surface area (Å²) in [5.74, 6) is -1.30. The van der Waals surface area contributed by atoms with Gasteiger partial charge in [-0.15, -0.1) is 0 Å². The van der Waals surface area contributed by atoms with Crippen molar-refractivity contribution in [2.24, 2.45) is 0 Å². The number of nitrogens with zero attached hydrogens (tertiary/aromatic N) is 3. The Morgan fingerprint density at radius 3 is 2.47 bits per heavy atom. The highest BCUT2D eigenvalue weighted by atomic mass is 35.5. The predicted octanol–water partition coefficient (Wildman–Crippen LogP) is 2.81. The van der Waals surface area contributed by atoms with E-state index in [1.54, 1.807) is 0 Å². The van der Waals surface area contributed by atoms with Gasteiger partial charge in [-0.2, -0.15) is 4.31 Å². The lowest BCUT2D eigenvalue weighted by atomic mass is 10.3. The molecule has 12 heteroatoms. The van der Waals surface area contributed by atoms with Gasteiger partial charge in [0.1, 0.15) is 0 Å². The summed E-state index contributed by atoms with van der Waals surface area (Å²) in [5, 5.41) is 3.12. The van der Waals surface area contributed by atoms with Gasteiger partial charge in [-0.1, -0.05) is 23.4 Å². The van der Waals surface area contributed by atoms with Crippen molar-refractivity contribution in [2.75, 3.05) is 30.8 Å².